The molecule has 1 aliphatic rings. The molecule has 3 aromatic carbocycles. The number of aromatic nitrogens is 1. The zero-order valence-corrected chi connectivity index (χ0v) is 21.2. The molecular formula is C29H23N3O5S. The van der Waals surface area contributed by atoms with Crippen LogP contribution in [0.25, 0.3) is 17.0 Å². The van der Waals surface area contributed by atoms with Gasteiger partial charge in [-0.2, -0.15) is 0 Å². The Morgan fingerprint density at radius 1 is 1.00 bits per heavy atom. The number of esters is 1. The summed E-state index contributed by atoms with van der Waals surface area (Å²) in [6, 6.07) is 23.5. The maximum atomic E-state index is 13.6. The first-order chi connectivity index (χ1) is 18.4. The number of carboxylic acids is 1. The molecule has 4 aromatic rings. The van der Waals surface area contributed by atoms with Crippen LogP contribution in [-0.4, -0.2) is 44.7 Å². The lowest BCUT2D eigenvalue weighted by Gasteiger charge is -2.16. The topological polar surface area (TPSA) is 101 Å². The number of carbonyl (C=O) groups is 3. The molecular weight excluding hydrogens is 502 g/mol. The van der Waals surface area contributed by atoms with E-state index in [1.54, 1.807) is 21.6 Å². The SMILES string of the molecule is COC(=O)Cn1cc(C=C2SC(=Nc3ccccc3)N(Cc3ccc(C(=O)O)cc3)C2=O)c2ccccc21. The summed E-state index contributed by atoms with van der Waals surface area (Å²) in [6.45, 7) is 0.291. The lowest BCUT2D eigenvalue weighted by molar-refractivity contribution is -0.141. The van der Waals surface area contributed by atoms with Crippen LogP contribution in [0.3, 0.4) is 0 Å². The van der Waals surface area contributed by atoms with Gasteiger partial charge >= 0.3 is 11.9 Å². The Kier molecular flexibility index (Phi) is 7.10. The first-order valence-electron chi connectivity index (χ1n) is 11.7. The summed E-state index contributed by atoms with van der Waals surface area (Å²) >= 11 is 1.27. The number of benzene rings is 3. The number of carbonyl (C=O) groups excluding carboxylic acids is 2. The van der Waals surface area contributed by atoms with Crippen molar-refractivity contribution in [1.82, 2.24) is 9.47 Å². The van der Waals surface area contributed by atoms with E-state index in [9.17, 15) is 19.5 Å². The lowest BCUT2D eigenvalue weighted by Crippen LogP contribution is -2.28. The molecule has 0 saturated carbocycles. The van der Waals surface area contributed by atoms with Gasteiger partial charge in [0.1, 0.15) is 6.54 Å². The van der Waals surface area contributed by atoms with Gasteiger partial charge in [-0.05, 0) is 53.7 Å². The number of fused-ring (bicyclic) bond motifs is 1. The molecule has 1 aromatic heterocycles. The Morgan fingerprint density at radius 2 is 1.71 bits per heavy atom. The highest BCUT2D eigenvalue weighted by molar-refractivity contribution is 8.18. The number of amides is 1. The summed E-state index contributed by atoms with van der Waals surface area (Å²) in [5.41, 5.74) is 3.32. The van der Waals surface area contributed by atoms with Crippen LogP contribution < -0.4 is 0 Å². The first-order valence-corrected chi connectivity index (χ1v) is 12.6. The standard InChI is InChI=1S/C29H23N3O5S/c1-37-26(33)18-31-17-21(23-9-5-6-10-24(23)31)15-25-27(34)32(16-19-11-13-20(14-12-19)28(35)36)29(38-25)30-22-7-3-2-4-8-22/h2-15,17H,16,18H2,1H3,(H,35,36). The highest BCUT2D eigenvalue weighted by Gasteiger charge is 2.34. The van der Waals surface area contributed by atoms with Crippen molar-refractivity contribution in [2.45, 2.75) is 13.1 Å². The van der Waals surface area contributed by atoms with Crippen LogP contribution in [-0.2, 0) is 27.4 Å². The van der Waals surface area contributed by atoms with E-state index < -0.39 is 5.97 Å². The van der Waals surface area contributed by atoms with Crippen LogP contribution in [0.2, 0.25) is 0 Å². The van der Waals surface area contributed by atoms with Crippen molar-refractivity contribution in [2.75, 3.05) is 7.11 Å². The van der Waals surface area contributed by atoms with Crippen molar-refractivity contribution >= 4 is 57.4 Å². The van der Waals surface area contributed by atoms with Gasteiger partial charge in [-0.3, -0.25) is 14.5 Å². The number of hydrogen-bond acceptors (Lipinski definition) is 6. The number of rotatable bonds is 7. The summed E-state index contributed by atoms with van der Waals surface area (Å²) in [5.74, 6) is -1.59. The third-order valence-electron chi connectivity index (χ3n) is 6.04. The van der Waals surface area contributed by atoms with E-state index >= 15 is 0 Å². The van der Waals surface area contributed by atoms with Crippen molar-refractivity contribution in [3.05, 3.63) is 107 Å². The third kappa shape index (κ3) is 5.23. The fourth-order valence-electron chi connectivity index (χ4n) is 4.14. The van der Waals surface area contributed by atoms with Gasteiger partial charge in [0.2, 0.25) is 0 Å². The Hall–Kier alpha value is -4.63. The molecule has 2 heterocycles. The van der Waals surface area contributed by atoms with Gasteiger partial charge in [0.15, 0.2) is 5.17 Å². The highest BCUT2D eigenvalue weighted by Crippen LogP contribution is 2.36. The van der Waals surface area contributed by atoms with Crippen molar-refractivity contribution < 1.29 is 24.2 Å². The van der Waals surface area contributed by atoms with Crippen molar-refractivity contribution in [3.63, 3.8) is 0 Å². The van der Waals surface area contributed by atoms with Gasteiger partial charge in [-0.15, -0.1) is 0 Å². The van der Waals surface area contributed by atoms with Crippen molar-refractivity contribution in [3.8, 4) is 0 Å². The van der Waals surface area contributed by atoms with E-state index in [-0.39, 0.29) is 30.5 Å². The smallest absolute Gasteiger partial charge is 0.335 e. The maximum Gasteiger partial charge on any atom is 0.335 e. The van der Waals surface area contributed by atoms with E-state index in [1.165, 1.54) is 31.0 Å². The number of carboxylic acid groups (broad SMARTS) is 1. The van der Waals surface area contributed by atoms with Gasteiger partial charge < -0.3 is 14.4 Å². The minimum absolute atomic E-state index is 0.0560. The molecule has 38 heavy (non-hydrogen) atoms. The zero-order chi connectivity index (χ0) is 26.6. The van der Waals surface area contributed by atoms with E-state index in [4.69, 9.17) is 9.73 Å². The predicted molar refractivity (Wildman–Crippen MR) is 147 cm³/mol. The average molecular weight is 526 g/mol. The fraction of sp³-hybridized carbons (Fsp3) is 0.103. The van der Waals surface area contributed by atoms with E-state index in [0.29, 0.717) is 15.8 Å². The summed E-state index contributed by atoms with van der Waals surface area (Å²) in [7, 11) is 1.35. The molecule has 0 unspecified atom stereocenters. The van der Waals surface area contributed by atoms with Gasteiger partial charge in [0, 0.05) is 22.7 Å². The third-order valence-corrected chi connectivity index (χ3v) is 7.05. The van der Waals surface area contributed by atoms with Gasteiger partial charge in [-0.25, -0.2) is 9.79 Å². The number of amidine groups is 1. The Bertz CT molecular complexity index is 1590. The minimum atomic E-state index is -1.01. The van der Waals surface area contributed by atoms with E-state index in [1.807, 2.05) is 66.9 Å². The predicted octanol–water partition coefficient (Wildman–Crippen LogP) is 5.32. The summed E-state index contributed by atoms with van der Waals surface area (Å²) in [6.07, 6.45) is 3.65. The summed E-state index contributed by atoms with van der Waals surface area (Å²) < 4.78 is 6.64. The van der Waals surface area contributed by atoms with Gasteiger partial charge in [-0.1, -0.05) is 48.5 Å². The summed E-state index contributed by atoms with van der Waals surface area (Å²) in [4.78, 5) is 43.6. The van der Waals surface area contributed by atoms with Gasteiger partial charge in [0.25, 0.3) is 5.91 Å². The number of hydrogen-bond donors (Lipinski definition) is 1. The molecule has 8 nitrogen and oxygen atoms in total. The maximum absolute atomic E-state index is 13.6. The molecule has 0 atom stereocenters. The molecule has 0 bridgehead atoms. The van der Waals surface area contributed by atoms with Gasteiger partial charge in [0.05, 0.1) is 29.8 Å². The Balaban J connectivity index is 1.52. The van der Waals surface area contributed by atoms with Crippen molar-refractivity contribution in [2.24, 2.45) is 4.99 Å². The number of ether oxygens (including phenoxy) is 1. The second kappa shape index (κ2) is 10.8. The number of nitrogens with zero attached hydrogens (tertiary/aromatic N) is 3. The average Bonchev–Trinajstić information content (AvgIpc) is 3.41. The normalized spacial score (nSPS) is 15.5. The Labute approximate surface area is 222 Å². The minimum Gasteiger partial charge on any atom is -0.478 e. The molecule has 1 N–H and O–H groups in total. The number of aliphatic imine (C=N–C) groups is 1. The van der Waals surface area contributed by atoms with Crippen LogP contribution in [0, 0.1) is 0 Å². The molecule has 1 amide bonds. The Morgan fingerprint density at radius 3 is 2.42 bits per heavy atom. The number of aromatic carboxylic acids is 1. The van der Waals surface area contributed by atoms with Crippen LogP contribution in [0.1, 0.15) is 21.5 Å². The van der Waals surface area contributed by atoms with Crippen LogP contribution >= 0.6 is 11.8 Å². The monoisotopic (exact) mass is 525 g/mol. The fourth-order valence-corrected chi connectivity index (χ4v) is 5.13. The second-order valence-corrected chi connectivity index (χ2v) is 9.55. The second-order valence-electron chi connectivity index (χ2n) is 8.54. The lowest BCUT2D eigenvalue weighted by atomic mass is 10.1. The van der Waals surface area contributed by atoms with Crippen LogP contribution in [0.4, 0.5) is 5.69 Å². The van der Waals surface area contributed by atoms with Crippen molar-refractivity contribution in [1.29, 1.82) is 0 Å². The highest BCUT2D eigenvalue weighted by atomic mass is 32.2. The molecule has 0 radical (unpaired) electrons. The molecule has 1 aliphatic heterocycles. The number of methoxy groups -OCH3 is 1. The number of para-hydroxylation sites is 2. The quantitative estimate of drug-likeness (QED) is 0.259. The van der Waals surface area contributed by atoms with E-state index in [2.05, 4.69) is 0 Å². The molecule has 190 valence electrons. The molecule has 5 rings (SSSR count). The zero-order valence-electron chi connectivity index (χ0n) is 20.4. The summed E-state index contributed by atoms with van der Waals surface area (Å²) in [5, 5.41) is 10.6. The molecule has 1 saturated heterocycles. The van der Waals surface area contributed by atoms with Crippen LogP contribution in [0.15, 0.2) is 95.0 Å². The number of thioether (sulfide) groups is 1. The largest absolute Gasteiger partial charge is 0.478 e. The van der Waals surface area contributed by atoms with E-state index in [0.717, 1.165) is 22.0 Å². The van der Waals surface area contributed by atoms with Crippen LogP contribution in [0.5, 0.6) is 0 Å². The molecule has 0 aliphatic carbocycles. The molecule has 1 fully saturated rings. The molecule has 0 spiro atoms. The molecule has 9 heteroatoms. The first kappa shape index (κ1) is 25.0.